The van der Waals surface area contributed by atoms with Crippen molar-refractivity contribution >= 4 is 21.5 Å². The first-order valence-electron chi connectivity index (χ1n) is 8.84. The van der Waals surface area contributed by atoms with E-state index in [4.69, 9.17) is 0 Å². The highest BCUT2D eigenvalue weighted by Crippen LogP contribution is 2.23. The van der Waals surface area contributed by atoms with Crippen molar-refractivity contribution in [3.8, 4) is 0 Å². The van der Waals surface area contributed by atoms with Gasteiger partial charge in [-0.25, -0.2) is 13.4 Å². The molecule has 0 unspecified atom stereocenters. The van der Waals surface area contributed by atoms with Crippen LogP contribution < -0.4 is 9.62 Å². The zero-order valence-corrected chi connectivity index (χ0v) is 16.3. The van der Waals surface area contributed by atoms with Gasteiger partial charge in [0.2, 0.25) is 0 Å². The molecule has 0 bridgehead atoms. The third kappa shape index (κ3) is 4.46. The normalized spacial score (nSPS) is 11.2. The minimum atomic E-state index is -3.65. The summed E-state index contributed by atoms with van der Waals surface area (Å²) in [4.78, 5) is 4.45. The van der Waals surface area contributed by atoms with Crippen LogP contribution in [0.3, 0.4) is 0 Å². The van der Waals surface area contributed by atoms with Crippen molar-refractivity contribution in [2.45, 2.75) is 25.3 Å². The standard InChI is InChI=1S/C21H23N3O2S/c1-3-24(19-7-5-4-6-8-19)27(25,26)20-13-14-21(23-16-20)22-15-18-11-9-17(2)10-12-18/h4-14,16H,3,15H2,1-2H3,(H,22,23). The van der Waals surface area contributed by atoms with Crippen molar-refractivity contribution in [3.05, 3.63) is 84.1 Å². The van der Waals surface area contributed by atoms with Crippen LogP contribution in [-0.4, -0.2) is 19.9 Å². The van der Waals surface area contributed by atoms with Gasteiger partial charge in [-0.2, -0.15) is 0 Å². The second-order valence-electron chi connectivity index (χ2n) is 6.22. The molecule has 0 fully saturated rings. The van der Waals surface area contributed by atoms with Crippen molar-refractivity contribution in [2.24, 2.45) is 0 Å². The lowest BCUT2D eigenvalue weighted by Crippen LogP contribution is -2.30. The highest BCUT2D eigenvalue weighted by molar-refractivity contribution is 7.92. The predicted octanol–water partition coefficient (Wildman–Crippen LogP) is 4.22. The molecule has 5 nitrogen and oxygen atoms in total. The summed E-state index contributed by atoms with van der Waals surface area (Å²) >= 11 is 0. The number of hydrogen-bond donors (Lipinski definition) is 1. The van der Waals surface area contributed by atoms with Crippen LogP contribution in [0.15, 0.2) is 77.8 Å². The van der Waals surface area contributed by atoms with E-state index < -0.39 is 10.0 Å². The lowest BCUT2D eigenvalue weighted by molar-refractivity contribution is 0.591. The van der Waals surface area contributed by atoms with E-state index in [1.165, 1.54) is 16.1 Å². The van der Waals surface area contributed by atoms with Crippen LogP contribution in [-0.2, 0) is 16.6 Å². The number of sulfonamides is 1. The van der Waals surface area contributed by atoms with Crippen molar-refractivity contribution in [1.29, 1.82) is 0 Å². The fraction of sp³-hybridized carbons (Fsp3) is 0.190. The summed E-state index contributed by atoms with van der Waals surface area (Å²) in [6, 6.07) is 20.6. The predicted molar refractivity (Wildman–Crippen MR) is 109 cm³/mol. The van der Waals surface area contributed by atoms with Crippen LogP contribution in [0.5, 0.6) is 0 Å². The molecule has 0 aliphatic heterocycles. The van der Waals surface area contributed by atoms with E-state index in [0.717, 1.165) is 5.56 Å². The van der Waals surface area contributed by atoms with Gasteiger partial charge >= 0.3 is 0 Å². The number of pyridine rings is 1. The third-order valence-corrected chi connectivity index (χ3v) is 6.14. The summed E-state index contributed by atoms with van der Waals surface area (Å²) < 4.78 is 27.3. The van der Waals surface area contributed by atoms with Crippen molar-refractivity contribution in [1.82, 2.24) is 4.98 Å². The molecule has 3 aromatic rings. The molecule has 0 saturated heterocycles. The molecule has 27 heavy (non-hydrogen) atoms. The molecule has 0 aliphatic rings. The van der Waals surface area contributed by atoms with E-state index in [0.29, 0.717) is 24.6 Å². The summed E-state index contributed by atoms with van der Waals surface area (Å²) in [6.07, 6.45) is 1.40. The van der Waals surface area contributed by atoms with Gasteiger partial charge in [0, 0.05) is 19.3 Å². The Morgan fingerprint density at radius 1 is 0.963 bits per heavy atom. The summed E-state index contributed by atoms with van der Waals surface area (Å²) in [7, 11) is -3.65. The van der Waals surface area contributed by atoms with Gasteiger partial charge in [-0.05, 0) is 43.7 Å². The van der Waals surface area contributed by atoms with E-state index in [1.807, 2.05) is 32.0 Å². The Balaban J connectivity index is 1.74. The molecule has 2 aromatic carbocycles. The van der Waals surface area contributed by atoms with Gasteiger partial charge in [0.1, 0.15) is 10.7 Å². The largest absolute Gasteiger partial charge is 0.366 e. The maximum Gasteiger partial charge on any atom is 0.265 e. The number of rotatable bonds is 7. The molecule has 140 valence electrons. The fourth-order valence-corrected chi connectivity index (χ4v) is 4.17. The fourth-order valence-electron chi connectivity index (χ4n) is 2.75. The van der Waals surface area contributed by atoms with Crippen LogP contribution in [0.2, 0.25) is 0 Å². The van der Waals surface area contributed by atoms with Gasteiger partial charge in [-0.15, -0.1) is 0 Å². The molecule has 0 spiro atoms. The Hall–Kier alpha value is -2.86. The Kier molecular flexibility index (Phi) is 5.76. The Bertz CT molecular complexity index is 970. The number of benzene rings is 2. The van der Waals surface area contributed by atoms with E-state index in [-0.39, 0.29) is 4.90 Å². The number of aromatic nitrogens is 1. The quantitative estimate of drug-likeness (QED) is 0.666. The second-order valence-corrected chi connectivity index (χ2v) is 8.09. The van der Waals surface area contributed by atoms with E-state index in [2.05, 4.69) is 34.6 Å². The van der Waals surface area contributed by atoms with Gasteiger partial charge in [-0.1, -0.05) is 48.0 Å². The lowest BCUT2D eigenvalue weighted by Gasteiger charge is -2.22. The molecular formula is C21H23N3O2S. The Morgan fingerprint density at radius 3 is 2.26 bits per heavy atom. The molecule has 0 aliphatic carbocycles. The van der Waals surface area contributed by atoms with Gasteiger partial charge in [0.15, 0.2) is 0 Å². The zero-order chi connectivity index (χ0) is 19.3. The van der Waals surface area contributed by atoms with Gasteiger partial charge in [-0.3, -0.25) is 4.31 Å². The molecular weight excluding hydrogens is 358 g/mol. The van der Waals surface area contributed by atoms with Crippen LogP contribution in [0.1, 0.15) is 18.1 Å². The molecule has 0 atom stereocenters. The van der Waals surface area contributed by atoms with Gasteiger partial charge in [0.25, 0.3) is 10.0 Å². The SMILES string of the molecule is CCN(c1ccccc1)S(=O)(=O)c1ccc(NCc2ccc(C)cc2)nc1. The molecule has 6 heteroatoms. The first kappa shape index (κ1) is 18.9. The highest BCUT2D eigenvalue weighted by Gasteiger charge is 2.23. The highest BCUT2D eigenvalue weighted by atomic mass is 32.2. The van der Waals surface area contributed by atoms with E-state index in [9.17, 15) is 8.42 Å². The number of nitrogens with one attached hydrogen (secondary N) is 1. The Labute approximate surface area is 160 Å². The third-order valence-electron chi connectivity index (χ3n) is 4.25. The van der Waals surface area contributed by atoms with E-state index >= 15 is 0 Å². The number of aryl methyl sites for hydroxylation is 1. The van der Waals surface area contributed by atoms with Crippen molar-refractivity contribution < 1.29 is 8.42 Å². The maximum atomic E-state index is 13.0. The van der Waals surface area contributed by atoms with Crippen LogP contribution in [0.4, 0.5) is 11.5 Å². The second kappa shape index (κ2) is 8.22. The summed E-state index contributed by atoms with van der Waals surface area (Å²) in [5.74, 6) is 0.636. The van der Waals surface area contributed by atoms with Crippen LogP contribution in [0, 0.1) is 6.92 Å². The molecule has 0 saturated carbocycles. The van der Waals surface area contributed by atoms with Crippen molar-refractivity contribution in [2.75, 3.05) is 16.2 Å². The summed E-state index contributed by atoms with van der Waals surface area (Å²) in [5, 5.41) is 3.21. The summed E-state index contributed by atoms with van der Waals surface area (Å²) in [5.41, 5.74) is 2.99. The first-order chi connectivity index (χ1) is 13.0. The minimum Gasteiger partial charge on any atom is -0.366 e. The molecule has 1 aromatic heterocycles. The molecule has 1 N–H and O–H groups in total. The monoisotopic (exact) mass is 381 g/mol. The van der Waals surface area contributed by atoms with Gasteiger partial charge in [0.05, 0.1) is 5.69 Å². The van der Waals surface area contributed by atoms with Crippen LogP contribution in [0.25, 0.3) is 0 Å². The molecule has 0 amide bonds. The lowest BCUT2D eigenvalue weighted by atomic mass is 10.1. The maximum absolute atomic E-state index is 13.0. The molecule has 0 radical (unpaired) electrons. The number of anilines is 2. The minimum absolute atomic E-state index is 0.175. The number of para-hydroxylation sites is 1. The first-order valence-corrected chi connectivity index (χ1v) is 10.3. The van der Waals surface area contributed by atoms with Crippen molar-refractivity contribution in [3.63, 3.8) is 0 Å². The van der Waals surface area contributed by atoms with E-state index in [1.54, 1.807) is 24.3 Å². The van der Waals surface area contributed by atoms with Gasteiger partial charge < -0.3 is 5.32 Å². The number of hydrogen-bond acceptors (Lipinski definition) is 4. The number of nitrogens with zero attached hydrogens (tertiary/aromatic N) is 2. The Morgan fingerprint density at radius 2 is 1.67 bits per heavy atom. The summed E-state index contributed by atoms with van der Waals surface area (Å²) in [6.45, 7) is 4.84. The topological polar surface area (TPSA) is 62.3 Å². The average molecular weight is 382 g/mol. The smallest absolute Gasteiger partial charge is 0.265 e. The zero-order valence-electron chi connectivity index (χ0n) is 15.5. The molecule has 1 heterocycles. The average Bonchev–Trinajstić information content (AvgIpc) is 2.69. The molecule has 3 rings (SSSR count). The van der Waals surface area contributed by atoms with Crippen LogP contribution >= 0.6 is 0 Å².